The molecule has 0 bridgehead atoms. The van der Waals surface area contributed by atoms with Gasteiger partial charge < -0.3 is 10.6 Å². The molecule has 132 valence electrons. The van der Waals surface area contributed by atoms with Crippen molar-refractivity contribution in [2.75, 3.05) is 10.6 Å². The first-order valence-corrected chi connectivity index (χ1v) is 8.34. The topological polar surface area (TPSA) is 54.0 Å². The minimum atomic E-state index is -0.315. The molecule has 2 aromatic carbocycles. The molecule has 2 N–H and O–H groups in total. The first-order valence-electron chi connectivity index (χ1n) is 8.34. The van der Waals surface area contributed by atoms with E-state index in [0.717, 1.165) is 11.3 Å². The fraction of sp³-hybridized carbons (Fsp3) is 0.143. The highest BCUT2D eigenvalue weighted by molar-refractivity contribution is 5.92. The van der Waals surface area contributed by atoms with Crippen LogP contribution in [0.3, 0.4) is 0 Å². The van der Waals surface area contributed by atoms with Crippen molar-refractivity contribution in [1.29, 1.82) is 0 Å². The van der Waals surface area contributed by atoms with E-state index in [9.17, 15) is 9.18 Å². The SMILES string of the molecule is Cc1ccc(Nc2ccc(NC(=O)Cc3ccc(F)cc3)cn2)cc1C. The van der Waals surface area contributed by atoms with Crippen LogP contribution in [0.5, 0.6) is 0 Å². The van der Waals surface area contributed by atoms with Crippen LogP contribution in [0.15, 0.2) is 60.8 Å². The third-order valence-electron chi connectivity index (χ3n) is 4.10. The number of hydrogen-bond acceptors (Lipinski definition) is 3. The largest absolute Gasteiger partial charge is 0.340 e. The summed E-state index contributed by atoms with van der Waals surface area (Å²) in [5, 5.41) is 6.03. The Labute approximate surface area is 152 Å². The third-order valence-corrected chi connectivity index (χ3v) is 4.10. The molecule has 26 heavy (non-hydrogen) atoms. The minimum Gasteiger partial charge on any atom is -0.340 e. The molecule has 0 aliphatic heterocycles. The Hall–Kier alpha value is -3.21. The molecule has 0 unspecified atom stereocenters. The molecule has 0 aliphatic carbocycles. The minimum absolute atomic E-state index is 0.173. The number of aryl methyl sites for hydroxylation is 2. The summed E-state index contributed by atoms with van der Waals surface area (Å²) in [6, 6.07) is 15.6. The van der Waals surface area contributed by atoms with Gasteiger partial charge in [0.2, 0.25) is 5.91 Å². The van der Waals surface area contributed by atoms with E-state index in [0.29, 0.717) is 11.5 Å². The number of rotatable bonds is 5. The van der Waals surface area contributed by atoms with Gasteiger partial charge in [0.1, 0.15) is 11.6 Å². The Kier molecular flexibility index (Phi) is 5.27. The van der Waals surface area contributed by atoms with Gasteiger partial charge in [-0.1, -0.05) is 18.2 Å². The highest BCUT2D eigenvalue weighted by atomic mass is 19.1. The zero-order valence-electron chi connectivity index (χ0n) is 14.7. The van der Waals surface area contributed by atoms with Crippen molar-refractivity contribution < 1.29 is 9.18 Å². The monoisotopic (exact) mass is 349 g/mol. The van der Waals surface area contributed by atoms with Crippen LogP contribution in [-0.2, 0) is 11.2 Å². The Morgan fingerprint density at radius 2 is 1.69 bits per heavy atom. The fourth-order valence-electron chi connectivity index (χ4n) is 2.50. The number of anilines is 3. The van der Waals surface area contributed by atoms with Gasteiger partial charge in [0.05, 0.1) is 18.3 Å². The summed E-state index contributed by atoms with van der Waals surface area (Å²) in [6.07, 6.45) is 1.79. The average Bonchev–Trinajstić information content (AvgIpc) is 2.62. The van der Waals surface area contributed by atoms with Crippen LogP contribution >= 0.6 is 0 Å². The molecule has 0 spiro atoms. The van der Waals surface area contributed by atoms with E-state index < -0.39 is 0 Å². The molecule has 1 heterocycles. The summed E-state index contributed by atoms with van der Waals surface area (Å²) in [4.78, 5) is 16.4. The second-order valence-corrected chi connectivity index (χ2v) is 6.21. The lowest BCUT2D eigenvalue weighted by molar-refractivity contribution is -0.115. The van der Waals surface area contributed by atoms with Gasteiger partial charge in [-0.05, 0) is 66.9 Å². The summed E-state index contributed by atoms with van der Waals surface area (Å²) in [6.45, 7) is 4.13. The van der Waals surface area contributed by atoms with Crippen molar-refractivity contribution in [3.8, 4) is 0 Å². The zero-order valence-corrected chi connectivity index (χ0v) is 14.7. The molecule has 0 atom stereocenters. The van der Waals surface area contributed by atoms with Gasteiger partial charge in [0.25, 0.3) is 0 Å². The van der Waals surface area contributed by atoms with Crippen molar-refractivity contribution in [2.24, 2.45) is 0 Å². The lowest BCUT2D eigenvalue weighted by Crippen LogP contribution is -2.14. The molecular weight excluding hydrogens is 329 g/mol. The molecule has 0 aliphatic rings. The quantitative estimate of drug-likeness (QED) is 0.698. The fourth-order valence-corrected chi connectivity index (χ4v) is 2.50. The summed E-state index contributed by atoms with van der Waals surface area (Å²) in [5.41, 5.74) is 4.78. The number of hydrogen-bond donors (Lipinski definition) is 2. The lowest BCUT2D eigenvalue weighted by atomic mass is 10.1. The lowest BCUT2D eigenvalue weighted by Gasteiger charge is -2.09. The van der Waals surface area contributed by atoms with E-state index in [1.807, 2.05) is 12.1 Å². The zero-order chi connectivity index (χ0) is 18.5. The maximum atomic E-state index is 12.9. The van der Waals surface area contributed by atoms with Crippen LogP contribution < -0.4 is 10.6 Å². The number of halogens is 1. The number of benzene rings is 2. The van der Waals surface area contributed by atoms with Gasteiger partial charge in [-0.3, -0.25) is 4.79 Å². The van der Waals surface area contributed by atoms with E-state index in [-0.39, 0.29) is 18.1 Å². The molecule has 3 rings (SSSR count). The van der Waals surface area contributed by atoms with Crippen molar-refractivity contribution in [3.05, 3.63) is 83.3 Å². The van der Waals surface area contributed by atoms with E-state index in [2.05, 4.69) is 41.6 Å². The second-order valence-electron chi connectivity index (χ2n) is 6.21. The molecule has 5 heteroatoms. The molecule has 1 aromatic heterocycles. The Balaban J connectivity index is 1.59. The van der Waals surface area contributed by atoms with E-state index in [1.54, 1.807) is 24.4 Å². The van der Waals surface area contributed by atoms with Gasteiger partial charge in [-0.2, -0.15) is 0 Å². The Morgan fingerprint density at radius 1 is 0.962 bits per heavy atom. The Morgan fingerprint density at radius 3 is 2.35 bits per heavy atom. The van der Waals surface area contributed by atoms with Gasteiger partial charge in [-0.25, -0.2) is 9.37 Å². The molecule has 0 saturated heterocycles. The number of carbonyl (C=O) groups excluding carboxylic acids is 1. The van der Waals surface area contributed by atoms with Crippen LogP contribution in [0.4, 0.5) is 21.6 Å². The van der Waals surface area contributed by atoms with E-state index in [1.165, 1.54) is 23.3 Å². The van der Waals surface area contributed by atoms with Crippen LogP contribution in [0.2, 0.25) is 0 Å². The molecule has 0 fully saturated rings. The van der Waals surface area contributed by atoms with Gasteiger partial charge in [0.15, 0.2) is 0 Å². The van der Waals surface area contributed by atoms with Gasteiger partial charge in [-0.15, -0.1) is 0 Å². The van der Waals surface area contributed by atoms with E-state index in [4.69, 9.17) is 0 Å². The molecule has 3 aromatic rings. The highest BCUT2D eigenvalue weighted by Crippen LogP contribution is 2.19. The van der Waals surface area contributed by atoms with Crippen molar-refractivity contribution >= 4 is 23.1 Å². The number of carbonyl (C=O) groups is 1. The summed E-state index contributed by atoms with van der Waals surface area (Å²) >= 11 is 0. The van der Waals surface area contributed by atoms with E-state index >= 15 is 0 Å². The molecule has 0 radical (unpaired) electrons. The average molecular weight is 349 g/mol. The second kappa shape index (κ2) is 7.78. The summed E-state index contributed by atoms with van der Waals surface area (Å²) < 4.78 is 12.9. The van der Waals surface area contributed by atoms with Crippen LogP contribution in [0.25, 0.3) is 0 Å². The smallest absolute Gasteiger partial charge is 0.228 e. The molecular formula is C21H20FN3O. The molecule has 4 nitrogen and oxygen atoms in total. The molecule has 1 amide bonds. The highest BCUT2D eigenvalue weighted by Gasteiger charge is 2.05. The summed E-state index contributed by atoms with van der Waals surface area (Å²) in [5.74, 6) is 0.211. The van der Waals surface area contributed by atoms with Crippen LogP contribution in [-0.4, -0.2) is 10.9 Å². The van der Waals surface area contributed by atoms with Crippen molar-refractivity contribution in [2.45, 2.75) is 20.3 Å². The van der Waals surface area contributed by atoms with Crippen molar-refractivity contribution in [3.63, 3.8) is 0 Å². The number of amides is 1. The predicted molar refractivity (Wildman–Crippen MR) is 102 cm³/mol. The number of pyridine rings is 1. The van der Waals surface area contributed by atoms with Crippen LogP contribution in [0, 0.1) is 19.7 Å². The number of nitrogens with zero attached hydrogens (tertiary/aromatic N) is 1. The predicted octanol–water partition coefficient (Wildman–Crippen LogP) is 4.76. The van der Waals surface area contributed by atoms with Crippen molar-refractivity contribution in [1.82, 2.24) is 4.98 Å². The van der Waals surface area contributed by atoms with Gasteiger partial charge in [0, 0.05) is 5.69 Å². The first kappa shape index (κ1) is 17.6. The Bertz CT molecular complexity index is 906. The standard InChI is InChI=1S/C21H20FN3O/c1-14-3-8-18(11-15(14)2)24-20-10-9-19(13-23-20)25-21(26)12-16-4-6-17(22)7-5-16/h3-11,13H,12H2,1-2H3,(H,23,24)(H,25,26). The van der Waals surface area contributed by atoms with Gasteiger partial charge >= 0.3 is 0 Å². The number of aromatic nitrogens is 1. The molecule has 0 saturated carbocycles. The van der Waals surface area contributed by atoms with Crippen LogP contribution in [0.1, 0.15) is 16.7 Å². The first-order chi connectivity index (χ1) is 12.5. The third kappa shape index (κ3) is 4.66. The normalized spacial score (nSPS) is 10.4. The summed E-state index contributed by atoms with van der Waals surface area (Å²) in [7, 11) is 0. The number of nitrogens with one attached hydrogen (secondary N) is 2. The maximum absolute atomic E-state index is 12.9. The maximum Gasteiger partial charge on any atom is 0.228 e.